The maximum Gasteiger partial charge on any atom is 0.144 e. The van der Waals surface area contributed by atoms with Crippen molar-refractivity contribution in [2.75, 3.05) is 4.90 Å². The van der Waals surface area contributed by atoms with Crippen molar-refractivity contribution >= 4 is 71.7 Å². The van der Waals surface area contributed by atoms with Crippen molar-refractivity contribution in [1.29, 1.82) is 0 Å². The van der Waals surface area contributed by atoms with E-state index < -0.39 is 0 Å². The predicted octanol–water partition coefficient (Wildman–Crippen LogP) is 14.1. The quantitative estimate of drug-likeness (QED) is 0.187. The van der Waals surface area contributed by atoms with Crippen LogP contribution in [-0.2, 0) is 5.41 Å². The first-order valence-electron chi connectivity index (χ1n) is 17.9. The maximum absolute atomic E-state index is 7.10. The summed E-state index contributed by atoms with van der Waals surface area (Å²) in [6.07, 6.45) is 0. The normalized spacial score (nSPS) is 13.3. The van der Waals surface area contributed by atoms with Crippen LogP contribution in [0.15, 0.2) is 173 Å². The Morgan fingerprint density at radius 3 is 1.83 bits per heavy atom. The molecular formula is C49H33NO2. The number of para-hydroxylation sites is 2. The van der Waals surface area contributed by atoms with Gasteiger partial charge in [-0.3, -0.25) is 0 Å². The number of rotatable bonds is 4. The highest BCUT2D eigenvalue weighted by molar-refractivity contribution is 6.25. The minimum Gasteiger partial charge on any atom is -0.456 e. The zero-order valence-corrected chi connectivity index (χ0v) is 28.9. The summed E-state index contributed by atoms with van der Waals surface area (Å²) in [7, 11) is 0. The van der Waals surface area contributed by atoms with Crippen molar-refractivity contribution in [3.05, 3.63) is 175 Å². The van der Waals surface area contributed by atoms with E-state index in [9.17, 15) is 0 Å². The zero-order chi connectivity index (χ0) is 34.6. The Morgan fingerprint density at radius 1 is 0.442 bits per heavy atom. The minimum atomic E-state index is -0.215. The molecule has 0 unspecified atom stereocenters. The standard InChI is InChI=1S/C49H33NO2/c1-49(2)41-27-31(30-13-5-3-6-14-30)21-24-39(41)46-47(49)38-19-10-9-18-37(38)45-40-26-23-34(29-44(40)52-48(45)46)50(32-15-7-4-8-16-32)33-22-25-36-35-17-11-12-20-42(35)51-43(36)28-33/h3-29H,1-2H3. The summed E-state index contributed by atoms with van der Waals surface area (Å²) in [5.41, 5.74) is 14.0. The molecule has 0 aliphatic heterocycles. The SMILES string of the molecule is CC1(C)c2cc(-c3ccccc3)ccc2-c2c1c1ccccc1c1c2oc2cc(N(c3ccccc3)c3ccc4c(c3)oc3ccccc34)ccc21. The number of benzene rings is 8. The van der Waals surface area contributed by atoms with Gasteiger partial charge in [-0.1, -0.05) is 117 Å². The van der Waals surface area contributed by atoms with E-state index in [2.05, 4.69) is 170 Å². The monoisotopic (exact) mass is 667 g/mol. The molecule has 0 N–H and O–H groups in total. The van der Waals surface area contributed by atoms with Crippen LogP contribution < -0.4 is 4.90 Å². The molecule has 0 atom stereocenters. The Labute approximate surface area is 301 Å². The van der Waals surface area contributed by atoms with Gasteiger partial charge in [0.05, 0.1) is 0 Å². The molecule has 3 nitrogen and oxygen atoms in total. The largest absolute Gasteiger partial charge is 0.456 e. The van der Waals surface area contributed by atoms with Crippen molar-refractivity contribution in [3.8, 4) is 22.3 Å². The Hall–Kier alpha value is -6.58. The molecular weight excluding hydrogens is 635 g/mol. The lowest BCUT2D eigenvalue weighted by atomic mass is 9.79. The van der Waals surface area contributed by atoms with Crippen LogP contribution in [0.25, 0.3) is 76.9 Å². The molecule has 8 aromatic carbocycles. The fraction of sp³-hybridized carbons (Fsp3) is 0.0612. The highest BCUT2D eigenvalue weighted by atomic mass is 16.3. The summed E-state index contributed by atoms with van der Waals surface area (Å²) in [6, 6.07) is 58.4. The third-order valence-electron chi connectivity index (χ3n) is 11.2. The Bertz CT molecular complexity index is 3040. The molecule has 1 aliphatic rings. The summed E-state index contributed by atoms with van der Waals surface area (Å²) in [6.45, 7) is 4.73. The Balaban J connectivity index is 1.14. The van der Waals surface area contributed by atoms with Crippen molar-refractivity contribution in [2.45, 2.75) is 19.3 Å². The second kappa shape index (κ2) is 10.7. The molecule has 0 fully saturated rings. The van der Waals surface area contributed by atoms with Gasteiger partial charge in [-0.25, -0.2) is 0 Å². The molecule has 246 valence electrons. The fourth-order valence-electron chi connectivity index (χ4n) is 8.84. The molecule has 10 aromatic rings. The van der Waals surface area contributed by atoms with Crippen LogP contribution in [0.2, 0.25) is 0 Å². The molecule has 0 amide bonds. The lowest BCUT2D eigenvalue weighted by molar-refractivity contribution is 0.658. The highest BCUT2D eigenvalue weighted by Crippen LogP contribution is 2.56. The van der Waals surface area contributed by atoms with E-state index in [0.717, 1.165) is 55.6 Å². The molecule has 0 spiro atoms. The van der Waals surface area contributed by atoms with E-state index in [1.807, 2.05) is 12.1 Å². The van der Waals surface area contributed by atoms with E-state index in [4.69, 9.17) is 8.83 Å². The van der Waals surface area contributed by atoms with E-state index in [0.29, 0.717) is 0 Å². The number of furan rings is 2. The first-order valence-corrected chi connectivity index (χ1v) is 17.9. The van der Waals surface area contributed by atoms with Gasteiger partial charge >= 0.3 is 0 Å². The topological polar surface area (TPSA) is 29.5 Å². The smallest absolute Gasteiger partial charge is 0.144 e. The van der Waals surface area contributed by atoms with Gasteiger partial charge in [-0.15, -0.1) is 0 Å². The summed E-state index contributed by atoms with van der Waals surface area (Å²) in [5, 5.41) is 7.03. The number of hydrogen-bond donors (Lipinski definition) is 0. The average Bonchev–Trinajstić information content (AvgIpc) is 3.83. The first-order chi connectivity index (χ1) is 25.5. The lowest BCUT2D eigenvalue weighted by Gasteiger charge is -2.25. The summed E-state index contributed by atoms with van der Waals surface area (Å²) in [5.74, 6) is 0. The number of hydrogen-bond acceptors (Lipinski definition) is 3. The van der Waals surface area contributed by atoms with E-state index >= 15 is 0 Å². The Morgan fingerprint density at radius 2 is 1.06 bits per heavy atom. The van der Waals surface area contributed by atoms with Crippen LogP contribution in [0.1, 0.15) is 25.0 Å². The van der Waals surface area contributed by atoms with Crippen molar-refractivity contribution < 1.29 is 8.83 Å². The maximum atomic E-state index is 7.10. The second-order valence-corrected chi connectivity index (χ2v) is 14.5. The molecule has 11 rings (SSSR count). The average molecular weight is 668 g/mol. The fourth-order valence-corrected chi connectivity index (χ4v) is 8.84. The van der Waals surface area contributed by atoms with Gasteiger partial charge in [0.25, 0.3) is 0 Å². The number of anilines is 3. The van der Waals surface area contributed by atoms with E-state index in [1.165, 1.54) is 49.5 Å². The van der Waals surface area contributed by atoms with Gasteiger partial charge in [0.1, 0.15) is 22.3 Å². The predicted molar refractivity (Wildman–Crippen MR) is 216 cm³/mol. The van der Waals surface area contributed by atoms with Crippen molar-refractivity contribution in [3.63, 3.8) is 0 Å². The van der Waals surface area contributed by atoms with Crippen LogP contribution in [-0.4, -0.2) is 0 Å². The zero-order valence-electron chi connectivity index (χ0n) is 28.9. The second-order valence-electron chi connectivity index (χ2n) is 14.5. The van der Waals surface area contributed by atoms with E-state index in [1.54, 1.807) is 0 Å². The van der Waals surface area contributed by atoms with Gasteiger partial charge in [-0.2, -0.15) is 0 Å². The highest BCUT2D eigenvalue weighted by Gasteiger charge is 2.40. The molecule has 0 bridgehead atoms. The van der Waals surface area contributed by atoms with Crippen LogP contribution in [0, 0.1) is 0 Å². The molecule has 0 saturated heterocycles. The van der Waals surface area contributed by atoms with Crippen molar-refractivity contribution in [1.82, 2.24) is 0 Å². The number of nitrogens with zero attached hydrogens (tertiary/aromatic N) is 1. The summed E-state index contributed by atoms with van der Waals surface area (Å²) >= 11 is 0. The van der Waals surface area contributed by atoms with Crippen LogP contribution in [0.3, 0.4) is 0 Å². The van der Waals surface area contributed by atoms with Crippen LogP contribution in [0.5, 0.6) is 0 Å². The van der Waals surface area contributed by atoms with Gasteiger partial charge in [0.15, 0.2) is 0 Å². The first kappa shape index (κ1) is 29.2. The van der Waals surface area contributed by atoms with E-state index in [-0.39, 0.29) is 5.41 Å². The molecule has 2 aromatic heterocycles. The van der Waals surface area contributed by atoms with Crippen LogP contribution >= 0.6 is 0 Å². The molecule has 0 radical (unpaired) electrons. The number of fused-ring (bicyclic) bond motifs is 13. The van der Waals surface area contributed by atoms with Crippen molar-refractivity contribution in [2.24, 2.45) is 0 Å². The molecule has 2 heterocycles. The van der Waals surface area contributed by atoms with Gasteiger partial charge in [0, 0.05) is 61.7 Å². The third-order valence-corrected chi connectivity index (χ3v) is 11.2. The molecule has 0 saturated carbocycles. The Kier molecular flexibility index (Phi) is 6.01. The van der Waals surface area contributed by atoms with Gasteiger partial charge in [0.2, 0.25) is 0 Å². The van der Waals surface area contributed by atoms with Crippen LogP contribution in [0.4, 0.5) is 17.1 Å². The van der Waals surface area contributed by atoms with Gasteiger partial charge < -0.3 is 13.7 Å². The molecule has 3 heteroatoms. The summed E-state index contributed by atoms with van der Waals surface area (Å²) in [4.78, 5) is 2.28. The minimum absolute atomic E-state index is 0.215. The lowest BCUT2D eigenvalue weighted by Crippen LogP contribution is -2.15. The summed E-state index contributed by atoms with van der Waals surface area (Å²) < 4.78 is 13.4. The molecule has 1 aliphatic carbocycles. The van der Waals surface area contributed by atoms with Gasteiger partial charge in [-0.05, 0) is 87.1 Å². The third kappa shape index (κ3) is 4.08. The molecule has 52 heavy (non-hydrogen) atoms.